The van der Waals surface area contributed by atoms with Crippen molar-refractivity contribution in [2.24, 2.45) is 0 Å². The van der Waals surface area contributed by atoms with E-state index in [2.05, 4.69) is 82.3 Å². The van der Waals surface area contributed by atoms with E-state index in [1.54, 1.807) is 0 Å². The Labute approximate surface area is 196 Å². The van der Waals surface area contributed by atoms with Gasteiger partial charge in [-0.05, 0) is 50.5 Å². The van der Waals surface area contributed by atoms with Crippen molar-refractivity contribution in [2.45, 2.75) is 38.9 Å². The van der Waals surface area contributed by atoms with E-state index in [4.69, 9.17) is 14.3 Å². The van der Waals surface area contributed by atoms with Crippen molar-refractivity contribution in [2.75, 3.05) is 0 Å². The number of benzene rings is 3. The lowest BCUT2D eigenvalue weighted by Gasteiger charge is -2.32. The summed E-state index contributed by atoms with van der Waals surface area (Å²) in [7, 11) is -0.530. The van der Waals surface area contributed by atoms with Crippen LogP contribution in [-0.4, -0.2) is 23.3 Å². The lowest BCUT2D eigenvalue weighted by Crippen LogP contribution is -2.41. The molecule has 1 saturated heterocycles. The van der Waals surface area contributed by atoms with E-state index >= 15 is 0 Å². The summed E-state index contributed by atoms with van der Waals surface area (Å²) in [5.41, 5.74) is 6.17. The van der Waals surface area contributed by atoms with E-state index in [1.165, 1.54) is 0 Å². The van der Waals surface area contributed by atoms with Crippen LogP contribution in [0.2, 0.25) is 0 Å². The van der Waals surface area contributed by atoms with E-state index in [9.17, 15) is 0 Å². The van der Waals surface area contributed by atoms with Gasteiger partial charge >= 0.3 is 7.12 Å². The maximum absolute atomic E-state index is 6.56. The Hall–Kier alpha value is -3.21. The van der Waals surface area contributed by atoms with Crippen molar-refractivity contribution in [3.05, 3.63) is 97.1 Å². The Balaban J connectivity index is 1.81. The number of nitrogens with zero attached hydrogens (tertiary/aromatic N) is 1. The minimum Gasteiger partial charge on any atom is -0.399 e. The van der Waals surface area contributed by atoms with Gasteiger partial charge < -0.3 is 9.31 Å². The average molecular weight is 433 g/mol. The molecule has 1 fully saturated rings. The van der Waals surface area contributed by atoms with Crippen molar-refractivity contribution in [1.29, 1.82) is 0 Å². The van der Waals surface area contributed by atoms with Gasteiger partial charge in [0.2, 0.25) is 0 Å². The highest BCUT2D eigenvalue weighted by Gasteiger charge is 2.53. The third-order valence-corrected chi connectivity index (χ3v) is 6.75. The Morgan fingerprint density at radius 2 is 1.06 bits per heavy atom. The summed E-state index contributed by atoms with van der Waals surface area (Å²) in [6, 6.07) is 33.2. The van der Waals surface area contributed by atoms with Crippen LogP contribution in [0.15, 0.2) is 97.1 Å². The van der Waals surface area contributed by atoms with Gasteiger partial charge in [-0.25, -0.2) is 4.98 Å². The molecule has 0 saturated carbocycles. The van der Waals surface area contributed by atoms with Gasteiger partial charge in [0.1, 0.15) is 0 Å². The largest absolute Gasteiger partial charge is 0.497 e. The number of hydrogen-bond acceptors (Lipinski definition) is 3. The molecule has 0 atom stereocenters. The van der Waals surface area contributed by atoms with E-state index < -0.39 is 18.3 Å². The van der Waals surface area contributed by atoms with Crippen molar-refractivity contribution in [3.8, 4) is 33.6 Å². The first-order valence-electron chi connectivity index (χ1n) is 11.4. The van der Waals surface area contributed by atoms with Crippen LogP contribution < -0.4 is 5.46 Å². The third-order valence-electron chi connectivity index (χ3n) is 6.75. The molecule has 0 radical (unpaired) electrons. The summed E-state index contributed by atoms with van der Waals surface area (Å²) >= 11 is 0. The molecule has 4 heteroatoms. The molecule has 1 aliphatic heterocycles. The van der Waals surface area contributed by atoms with Gasteiger partial charge in [-0.2, -0.15) is 0 Å². The van der Waals surface area contributed by atoms with Crippen molar-refractivity contribution < 1.29 is 9.31 Å². The van der Waals surface area contributed by atoms with Gasteiger partial charge in [-0.1, -0.05) is 91.0 Å². The first-order valence-corrected chi connectivity index (χ1v) is 11.4. The molecule has 5 rings (SSSR count). The lowest BCUT2D eigenvalue weighted by molar-refractivity contribution is 0.00578. The van der Waals surface area contributed by atoms with Crippen molar-refractivity contribution >= 4 is 12.6 Å². The molecule has 0 unspecified atom stereocenters. The standard InChI is InChI=1S/C29H28BNO2/c1-28(2)29(3,4)33-30(32-28)26-24(21-14-8-5-9-15-21)20-25(22-16-10-6-11-17-22)31-27(26)23-18-12-7-13-19-23/h5-20H,1-4H3. The quantitative estimate of drug-likeness (QED) is 0.350. The molecule has 0 spiro atoms. The van der Waals surface area contributed by atoms with E-state index in [0.717, 1.165) is 39.1 Å². The fourth-order valence-corrected chi connectivity index (χ4v) is 4.18. The highest BCUT2D eigenvalue weighted by Crippen LogP contribution is 2.39. The zero-order valence-electron chi connectivity index (χ0n) is 19.6. The van der Waals surface area contributed by atoms with Crippen LogP contribution in [0.25, 0.3) is 33.6 Å². The number of pyridine rings is 1. The molecule has 164 valence electrons. The Morgan fingerprint density at radius 1 is 0.606 bits per heavy atom. The van der Waals surface area contributed by atoms with Crippen LogP contribution in [0.5, 0.6) is 0 Å². The molecule has 0 amide bonds. The summed E-state index contributed by atoms with van der Waals surface area (Å²) < 4.78 is 13.1. The highest BCUT2D eigenvalue weighted by atomic mass is 16.7. The second-order valence-corrected chi connectivity index (χ2v) is 9.50. The van der Waals surface area contributed by atoms with Gasteiger partial charge in [0.25, 0.3) is 0 Å². The first-order chi connectivity index (χ1) is 15.9. The van der Waals surface area contributed by atoms with Crippen LogP contribution in [0, 0.1) is 0 Å². The summed E-state index contributed by atoms with van der Waals surface area (Å²) in [4.78, 5) is 5.18. The van der Waals surface area contributed by atoms with Crippen LogP contribution in [-0.2, 0) is 9.31 Å². The van der Waals surface area contributed by atoms with Gasteiger partial charge in [0.05, 0.1) is 22.6 Å². The van der Waals surface area contributed by atoms with Crippen LogP contribution >= 0.6 is 0 Å². The molecule has 2 heterocycles. The smallest absolute Gasteiger partial charge is 0.399 e. The maximum atomic E-state index is 6.56. The second kappa shape index (κ2) is 8.29. The fourth-order valence-electron chi connectivity index (χ4n) is 4.18. The summed E-state index contributed by atoms with van der Waals surface area (Å²) in [6.07, 6.45) is 0. The number of aromatic nitrogens is 1. The maximum Gasteiger partial charge on any atom is 0.497 e. The molecule has 4 aromatic rings. The number of hydrogen-bond donors (Lipinski definition) is 0. The predicted octanol–water partition coefficient (Wildman–Crippen LogP) is 6.38. The van der Waals surface area contributed by atoms with Gasteiger partial charge in [0, 0.05) is 11.0 Å². The second-order valence-electron chi connectivity index (χ2n) is 9.50. The summed E-state index contributed by atoms with van der Waals surface area (Å²) in [5.74, 6) is 0. The van der Waals surface area contributed by atoms with Crippen LogP contribution in [0.3, 0.4) is 0 Å². The van der Waals surface area contributed by atoms with Crippen LogP contribution in [0.4, 0.5) is 0 Å². The van der Waals surface area contributed by atoms with E-state index in [1.807, 2.05) is 42.5 Å². The van der Waals surface area contributed by atoms with Gasteiger partial charge in [0.15, 0.2) is 0 Å². The molecule has 3 aromatic carbocycles. The Morgan fingerprint density at radius 3 is 1.58 bits per heavy atom. The average Bonchev–Trinajstić information content (AvgIpc) is 3.06. The molecule has 0 aliphatic carbocycles. The van der Waals surface area contributed by atoms with Crippen molar-refractivity contribution in [1.82, 2.24) is 4.98 Å². The fraction of sp³-hybridized carbons (Fsp3) is 0.207. The summed E-state index contributed by atoms with van der Waals surface area (Å²) in [5, 5.41) is 0. The molecular formula is C29H28BNO2. The molecule has 33 heavy (non-hydrogen) atoms. The monoisotopic (exact) mass is 433 g/mol. The van der Waals surface area contributed by atoms with Crippen LogP contribution in [0.1, 0.15) is 27.7 Å². The minimum atomic E-state index is -0.530. The van der Waals surface area contributed by atoms with Gasteiger partial charge in [-0.3, -0.25) is 0 Å². The first kappa shape index (κ1) is 21.6. The third kappa shape index (κ3) is 4.01. The summed E-state index contributed by atoms with van der Waals surface area (Å²) in [6.45, 7) is 8.35. The molecule has 1 aromatic heterocycles. The molecular weight excluding hydrogens is 405 g/mol. The molecule has 3 nitrogen and oxygen atoms in total. The SMILES string of the molecule is CC1(C)OB(c2c(-c3ccccc3)cc(-c3ccccc3)nc2-c2ccccc2)OC1(C)C. The zero-order valence-corrected chi connectivity index (χ0v) is 19.6. The van der Waals surface area contributed by atoms with Crippen molar-refractivity contribution in [3.63, 3.8) is 0 Å². The van der Waals surface area contributed by atoms with E-state index in [-0.39, 0.29) is 0 Å². The zero-order chi connectivity index (χ0) is 23.1. The lowest BCUT2D eigenvalue weighted by atomic mass is 9.71. The molecule has 0 N–H and O–H groups in total. The topological polar surface area (TPSA) is 31.4 Å². The van der Waals surface area contributed by atoms with Gasteiger partial charge in [-0.15, -0.1) is 0 Å². The Kier molecular flexibility index (Phi) is 5.44. The minimum absolute atomic E-state index is 0.447. The normalized spacial score (nSPS) is 16.7. The molecule has 0 bridgehead atoms. The van der Waals surface area contributed by atoms with E-state index in [0.29, 0.717) is 0 Å². The predicted molar refractivity (Wildman–Crippen MR) is 136 cm³/mol. The number of rotatable bonds is 4. The highest BCUT2D eigenvalue weighted by molar-refractivity contribution is 6.65. The molecule has 1 aliphatic rings. The Bertz CT molecular complexity index is 1180.